The number of para-hydroxylation sites is 1. The maximum atomic E-state index is 12.4. The summed E-state index contributed by atoms with van der Waals surface area (Å²) in [5.74, 6) is -0.186. The molecule has 0 heterocycles. The number of hydrogen-bond acceptors (Lipinski definition) is 4. The van der Waals surface area contributed by atoms with Crippen LogP contribution in [0.1, 0.15) is 50.2 Å². The monoisotopic (exact) mass is 430 g/mol. The van der Waals surface area contributed by atoms with E-state index in [1.807, 2.05) is 62.4 Å². The van der Waals surface area contributed by atoms with Gasteiger partial charge in [-0.1, -0.05) is 48.0 Å². The predicted octanol–water partition coefficient (Wildman–Crippen LogP) is 4.31. The van der Waals surface area contributed by atoms with Gasteiger partial charge in [-0.2, -0.15) is 0 Å². The Morgan fingerprint density at radius 2 is 1.53 bits per heavy atom. The summed E-state index contributed by atoms with van der Waals surface area (Å²) in [5.41, 5.74) is 8.56. The van der Waals surface area contributed by atoms with E-state index in [1.54, 1.807) is 24.3 Å². The fourth-order valence-corrected chi connectivity index (χ4v) is 3.09. The van der Waals surface area contributed by atoms with E-state index in [2.05, 4.69) is 10.9 Å². The number of rotatable bonds is 8. The third-order valence-electron chi connectivity index (χ3n) is 4.95. The molecule has 3 aromatic carbocycles. The minimum absolute atomic E-state index is 0.0116. The van der Waals surface area contributed by atoms with E-state index in [0.29, 0.717) is 17.7 Å². The van der Waals surface area contributed by atoms with Crippen LogP contribution in [0.15, 0.2) is 72.8 Å². The summed E-state index contributed by atoms with van der Waals surface area (Å²) in [6.07, 6.45) is 0.0599. The van der Waals surface area contributed by atoms with Crippen LogP contribution in [0.5, 0.6) is 5.75 Å². The standard InChI is InChI=1S/C26H26N2O4/c1-18-8-9-19(2)23(16-18)24(29)14-15-25(30)27-28-26(31)21-12-10-20(11-13-21)17-32-22-6-4-3-5-7-22/h3-13,16H,14-15,17H2,1-2H3,(H,27,30)(H,28,31). The largest absolute Gasteiger partial charge is 0.489 e. The number of Topliss-reactive ketones (excluding diaryl/α,β-unsaturated/α-hetero) is 1. The zero-order valence-electron chi connectivity index (χ0n) is 18.2. The summed E-state index contributed by atoms with van der Waals surface area (Å²) in [7, 11) is 0. The van der Waals surface area contributed by atoms with E-state index in [-0.39, 0.29) is 18.6 Å². The van der Waals surface area contributed by atoms with Gasteiger partial charge in [-0.3, -0.25) is 25.2 Å². The smallest absolute Gasteiger partial charge is 0.269 e. The fraction of sp³-hybridized carbons (Fsp3) is 0.192. The first-order valence-electron chi connectivity index (χ1n) is 10.4. The maximum Gasteiger partial charge on any atom is 0.269 e. The number of amides is 2. The normalized spacial score (nSPS) is 10.3. The quantitative estimate of drug-likeness (QED) is 0.412. The third kappa shape index (κ3) is 6.54. The molecular weight excluding hydrogens is 404 g/mol. The van der Waals surface area contributed by atoms with E-state index in [1.165, 1.54) is 0 Å². The number of carbonyl (C=O) groups excluding carboxylic acids is 3. The molecule has 0 aromatic heterocycles. The zero-order valence-corrected chi connectivity index (χ0v) is 18.2. The number of hydrazine groups is 1. The van der Waals surface area contributed by atoms with Crippen LogP contribution in [-0.2, 0) is 11.4 Å². The summed E-state index contributed by atoms with van der Waals surface area (Å²) < 4.78 is 5.68. The highest BCUT2D eigenvalue weighted by Gasteiger charge is 2.13. The molecule has 0 fully saturated rings. The number of ether oxygens (including phenoxy) is 1. The highest BCUT2D eigenvalue weighted by molar-refractivity contribution is 6.00. The molecule has 0 unspecified atom stereocenters. The molecule has 0 spiro atoms. The van der Waals surface area contributed by atoms with Crippen molar-refractivity contribution in [3.8, 4) is 5.75 Å². The van der Waals surface area contributed by atoms with Gasteiger partial charge in [0.1, 0.15) is 12.4 Å². The van der Waals surface area contributed by atoms with Gasteiger partial charge in [0.25, 0.3) is 5.91 Å². The minimum Gasteiger partial charge on any atom is -0.489 e. The topological polar surface area (TPSA) is 84.5 Å². The van der Waals surface area contributed by atoms with Gasteiger partial charge in [0.2, 0.25) is 5.91 Å². The highest BCUT2D eigenvalue weighted by Crippen LogP contribution is 2.14. The minimum atomic E-state index is -0.435. The summed E-state index contributed by atoms with van der Waals surface area (Å²) >= 11 is 0. The van der Waals surface area contributed by atoms with Crippen LogP contribution < -0.4 is 15.6 Å². The average Bonchev–Trinajstić information content (AvgIpc) is 2.82. The molecule has 0 radical (unpaired) electrons. The van der Waals surface area contributed by atoms with Gasteiger partial charge in [-0.15, -0.1) is 0 Å². The van der Waals surface area contributed by atoms with E-state index in [0.717, 1.165) is 22.4 Å². The Labute approximate surface area is 187 Å². The van der Waals surface area contributed by atoms with Crippen molar-refractivity contribution in [3.63, 3.8) is 0 Å². The number of aryl methyl sites for hydroxylation is 2. The highest BCUT2D eigenvalue weighted by atomic mass is 16.5. The molecular formula is C26H26N2O4. The molecule has 164 valence electrons. The number of hydrogen-bond donors (Lipinski definition) is 2. The molecule has 0 saturated carbocycles. The van der Waals surface area contributed by atoms with Crippen molar-refractivity contribution in [2.45, 2.75) is 33.3 Å². The average molecular weight is 431 g/mol. The SMILES string of the molecule is Cc1ccc(C)c(C(=O)CCC(=O)NNC(=O)c2ccc(COc3ccccc3)cc2)c1. The van der Waals surface area contributed by atoms with Crippen molar-refractivity contribution in [1.29, 1.82) is 0 Å². The van der Waals surface area contributed by atoms with Crippen LogP contribution in [0, 0.1) is 13.8 Å². The van der Waals surface area contributed by atoms with Crippen molar-refractivity contribution < 1.29 is 19.1 Å². The van der Waals surface area contributed by atoms with Crippen molar-refractivity contribution in [2.24, 2.45) is 0 Å². The Balaban J connectivity index is 1.43. The Bertz CT molecular complexity index is 1090. The molecule has 0 aliphatic rings. The lowest BCUT2D eigenvalue weighted by Crippen LogP contribution is -2.41. The van der Waals surface area contributed by atoms with E-state index < -0.39 is 11.8 Å². The third-order valence-corrected chi connectivity index (χ3v) is 4.95. The molecule has 3 aromatic rings. The fourth-order valence-electron chi connectivity index (χ4n) is 3.09. The summed E-state index contributed by atoms with van der Waals surface area (Å²) in [5, 5.41) is 0. The summed E-state index contributed by atoms with van der Waals surface area (Å²) in [6, 6.07) is 22.0. The van der Waals surface area contributed by atoms with Gasteiger partial charge < -0.3 is 4.74 Å². The summed E-state index contributed by atoms with van der Waals surface area (Å²) in [6.45, 7) is 4.17. The first-order valence-corrected chi connectivity index (χ1v) is 10.4. The number of carbonyl (C=O) groups is 3. The van der Waals surface area contributed by atoms with Gasteiger partial charge in [-0.05, 0) is 55.3 Å². The molecule has 0 aliphatic carbocycles. The van der Waals surface area contributed by atoms with E-state index >= 15 is 0 Å². The number of nitrogens with one attached hydrogen (secondary N) is 2. The molecule has 3 rings (SSSR count). The van der Waals surface area contributed by atoms with Gasteiger partial charge in [0, 0.05) is 24.0 Å². The molecule has 0 aliphatic heterocycles. The lowest BCUT2D eigenvalue weighted by molar-refractivity contribution is -0.121. The lowest BCUT2D eigenvalue weighted by atomic mass is 9.99. The summed E-state index contributed by atoms with van der Waals surface area (Å²) in [4.78, 5) is 36.7. The second kappa shape index (κ2) is 10.9. The van der Waals surface area contributed by atoms with E-state index in [9.17, 15) is 14.4 Å². The van der Waals surface area contributed by atoms with Crippen LogP contribution in [0.4, 0.5) is 0 Å². The Morgan fingerprint density at radius 1 is 0.812 bits per heavy atom. The molecule has 2 amide bonds. The molecule has 0 saturated heterocycles. The number of benzene rings is 3. The molecule has 6 heteroatoms. The van der Waals surface area contributed by atoms with Crippen LogP contribution >= 0.6 is 0 Å². The van der Waals surface area contributed by atoms with Crippen molar-refractivity contribution >= 4 is 17.6 Å². The van der Waals surface area contributed by atoms with E-state index in [4.69, 9.17) is 4.74 Å². The maximum absolute atomic E-state index is 12.4. The first-order chi connectivity index (χ1) is 15.4. The Morgan fingerprint density at radius 3 is 2.25 bits per heavy atom. The molecule has 32 heavy (non-hydrogen) atoms. The Hall–Kier alpha value is -3.93. The first kappa shape index (κ1) is 22.7. The lowest BCUT2D eigenvalue weighted by Gasteiger charge is -2.09. The van der Waals surface area contributed by atoms with Gasteiger partial charge in [0.05, 0.1) is 0 Å². The molecule has 6 nitrogen and oxygen atoms in total. The van der Waals surface area contributed by atoms with Crippen molar-refractivity contribution in [1.82, 2.24) is 10.9 Å². The van der Waals surface area contributed by atoms with Gasteiger partial charge in [0.15, 0.2) is 5.78 Å². The second-order valence-corrected chi connectivity index (χ2v) is 7.54. The van der Waals surface area contributed by atoms with Crippen molar-refractivity contribution in [2.75, 3.05) is 0 Å². The van der Waals surface area contributed by atoms with Gasteiger partial charge >= 0.3 is 0 Å². The molecule has 2 N–H and O–H groups in total. The zero-order chi connectivity index (χ0) is 22.9. The molecule has 0 bridgehead atoms. The van der Waals surface area contributed by atoms with Crippen LogP contribution in [-0.4, -0.2) is 17.6 Å². The number of ketones is 1. The van der Waals surface area contributed by atoms with Crippen LogP contribution in [0.2, 0.25) is 0 Å². The Kier molecular flexibility index (Phi) is 7.75. The second-order valence-electron chi connectivity index (χ2n) is 7.54. The van der Waals surface area contributed by atoms with Crippen LogP contribution in [0.25, 0.3) is 0 Å². The van der Waals surface area contributed by atoms with Gasteiger partial charge in [-0.25, -0.2) is 0 Å². The molecule has 0 atom stereocenters. The van der Waals surface area contributed by atoms with Crippen LogP contribution in [0.3, 0.4) is 0 Å². The van der Waals surface area contributed by atoms with Crippen molar-refractivity contribution in [3.05, 3.63) is 101 Å². The predicted molar refractivity (Wildman–Crippen MR) is 122 cm³/mol.